The van der Waals surface area contributed by atoms with Crippen molar-refractivity contribution in [2.45, 2.75) is 40.0 Å². The van der Waals surface area contributed by atoms with E-state index in [4.69, 9.17) is 16.3 Å². The van der Waals surface area contributed by atoms with E-state index in [-0.39, 0.29) is 24.8 Å². The van der Waals surface area contributed by atoms with E-state index in [1.54, 1.807) is 6.07 Å². The van der Waals surface area contributed by atoms with Crippen LogP contribution in [-0.2, 0) is 19.7 Å². The Hall–Kier alpha value is -1.30. The number of ether oxygens (including phenoxy) is 1. The van der Waals surface area contributed by atoms with Crippen molar-refractivity contribution in [1.82, 2.24) is 15.1 Å². The lowest BCUT2D eigenvalue weighted by Crippen LogP contribution is -2.09. The minimum Gasteiger partial charge on any atom is -0.473 e. The van der Waals surface area contributed by atoms with Crippen LogP contribution in [0.1, 0.15) is 31.5 Å². The summed E-state index contributed by atoms with van der Waals surface area (Å²) in [6.07, 6.45) is 1.00. The number of nitrogens with zero attached hydrogens (tertiary/aromatic N) is 2. The van der Waals surface area contributed by atoms with Gasteiger partial charge in [0.2, 0.25) is 5.88 Å². The number of rotatable bonds is 8. The summed E-state index contributed by atoms with van der Waals surface area (Å²) in [7, 11) is 1.87. The topological polar surface area (TPSA) is 39.1 Å². The Morgan fingerprint density at radius 3 is 2.75 bits per heavy atom. The molecule has 0 aliphatic carbocycles. The number of hydrogen-bond acceptors (Lipinski definition) is 3. The van der Waals surface area contributed by atoms with Crippen molar-refractivity contribution in [3.05, 3.63) is 46.4 Å². The molecule has 7 heteroatoms. The summed E-state index contributed by atoms with van der Waals surface area (Å²) in [4.78, 5) is 0. The molecule has 24 heavy (non-hydrogen) atoms. The molecule has 0 aliphatic heterocycles. The second kappa shape index (κ2) is 9.87. The van der Waals surface area contributed by atoms with Crippen LogP contribution in [0.4, 0.5) is 4.39 Å². The van der Waals surface area contributed by atoms with Crippen molar-refractivity contribution in [3.63, 3.8) is 0 Å². The minimum atomic E-state index is -0.321. The molecule has 4 nitrogen and oxygen atoms in total. The molecule has 134 valence electrons. The molecule has 1 aromatic carbocycles. The Balaban J connectivity index is 0.00000288. The molecule has 1 N–H and O–H groups in total. The van der Waals surface area contributed by atoms with Crippen molar-refractivity contribution in [2.24, 2.45) is 5.92 Å². The summed E-state index contributed by atoms with van der Waals surface area (Å²) in [6.45, 7) is 5.89. The molecule has 0 saturated heterocycles. The number of halogens is 3. The SMILES string of the molecule is CNCc1cc(OCc2cc(Cl)ccc2F)n(CCC(C)C)n1.Cl. The van der Waals surface area contributed by atoms with E-state index >= 15 is 0 Å². The molecule has 1 heterocycles. The molecule has 1 aromatic heterocycles. The van der Waals surface area contributed by atoms with Gasteiger partial charge in [-0.3, -0.25) is 0 Å². The predicted octanol–water partition coefficient (Wildman–Crippen LogP) is 4.44. The highest BCUT2D eigenvalue weighted by Gasteiger charge is 2.11. The molecule has 0 spiro atoms. The van der Waals surface area contributed by atoms with Gasteiger partial charge in [-0.1, -0.05) is 25.4 Å². The van der Waals surface area contributed by atoms with E-state index in [1.807, 2.05) is 17.8 Å². The smallest absolute Gasteiger partial charge is 0.212 e. The lowest BCUT2D eigenvalue weighted by molar-refractivity contribution is 0.264. The second-order valence-corrected chi connectivity index (χ2v) is 6.37. The Morgan fingerprint density at radius 2 is 2.08 bits per heavy atom. The predicted molar refractivity (Wildman–Crippen MR) is 97.4 cm³/mol. The fourth-order valence-corrected chi connectivity index (χ4v) is 2.37. The summed E-state index contributed by atoms with van der Waals surface area (Å²) in [5.41, 5.74) is 1.34. The van der Waals surface area contributed by atoms with Crippen molar-refractivity contribution < 1.29 is 9.13 Å². The lowest BCUT2D eigenvalue weighted by atomic mass is 10.1. The second-order valence-electron chi connectivity index (χ2n) is 5.93. The molecule has 0 saturated carbocycles. The van der Waals surface area contributed by atoms with Crippen LogP contribution in [0.5, 0.6) is 5.88 Å². The number of aromatic nitrogens is 2. The quantitative estimate of drug-likeness (QED) is 0.740. The summed E-state index contributed by atoms with van der Waals surface area (Å²) < 4.78 is 21.4. The van der Waals surface area contributed by atoms with Crippen LogP contribution in [0.25, 0.3) is 0 Å². The highest BCUT2D eigenvalue weighted by molar-refractivity contribution is 6.30. The molecule has 0 fully saturated rings. The highest BCUT2D eigenvalue weighted by Crippen LogP contribution is 2.20. The number of benzene rings is 1. The molecule has 0 bridgehead atoms. The maximum absolute atomic E-state index is 13.8. The highest BCUT2D eigenvalue weighted by atomic mass is 35.5. The van der Waals surface area contributed by atoms with Crippen LogP contribution in [0.3, 0.4) is 0 Å². The Bertz CT molecular complexity index is 647. The molecule has 0 aliphatic rings. The number of aryl methyl sites for hydroxylation is 1. The molecule has 0 unspecified atom stereocenters. The van der Waals surface area contributed by atoms with Crippen molar-refractivity contribution in [3.8, 4) is 5.88 Å². The van der Waals surface area contributed by atoms with E-state index < -0.39 is 0 Å². The van der Waals surface area contributed by atoms with E-state index in [1.165, 1.54) is 12.1 Å². The van der Waals surface area contributed by atoms with E-state index in [9.17, 15) is 4.39 Å². The Labute approximate surface area is 153 Å². The fraction of sp³-hybridized carbons (Fsp3) is 0.471. The van der Waals surface area contributed by atoms with Gasteiger partial charge in [0.15, 0.2) is 0 Å². The third-order valence-electron chi connectivity index (χ3n) is 3.45. The van der Waals surface area contributed by atoms with E-state index in [0.717, 1.165) is 18.7 Å². The van der Waals surface area contributed by atoms with Crippen LogP contribution in [-0.4, -0.2) is 16.8 Å². The van der Waals surface area contributed by atoms with Crippen molar-refractivity contribution in [2.75, 3.05) is 7.05 Å². The van der Waals surface area contributed by atoms with Crippen molar-refractivity contribution >= 4 is 24.0 Å². The first kappa shape index (κ1) is 20.7. The Kier molecular flexibility index (Phi) is 8.53. The average molecular weight is 376 g/mol. The minimum absolute atomic E-state index is 0. The zero-order valence-electron chi connectivity index (χ0n) is 14.2. The molecule has 0 atom stereocenters. The first-order valence-electron chi connectivity index (χ1n) is 7.77. The monoisotopic (exact) mass is 375 g/mol. The van der Waals surface area contributed by atoms with Gasteiger partial charge in [-0.2, -0.15) is 5.10 Å². The van der Waals surface area contributed by atoms with Crippen LogP contribution in [0.2, 0.25) is 5.02 Å². The normalized spacial score (nSPS) is 10.8. The van der Waals surface area contributed by atoms with Crippen LogP contribution < -0.4 is 10.1 Å². The fourth-order valence-electron chi connectivity index (χ4n) is 2.18. The Morgan fingerprint density at radius 1 is 1.33 bits per heavy atom. The lowest BCUT2D eigenvalue weighted by Gasteiger charge is -2.11. The van der Waals surface area contributed by atoms with Gasteiger partial charge in [0.25, 0.3) is 0 Å². The summed E-state index contributed by atoms with van der Waals surface area (Å²) >= 11 is 5.91. The van der Waals surface area contributed by atoms with Crippen LogP contribution in [0, 0.1) is 11.7 Å². The molecule has 2 aromatic rings. The molecular formula is C17H24Cl2FN3O. The van der Waals surface area contributed by atoms with Gasteiger partial charge in [0.05, 0.1) is 5.69 Å². The van der Waals surface area contributed by atoms with Crippen molar-refractivity contribution in [1.29, 1.82) is 0 Å². The first-order valence-corrected chi connectivity index (χ1v) is 8.15. The first-order chi connectivity index (χ1) is 11.0. The van der Waals surface area contributed by atoms with Gasteiger partial charge in [-0.15, -0.1) is 12.4 Å². The summed E-state index contributed by atoms with van der Waals surface area (Å²) in [6, 6.07) is 6.35. The van der Waals surface area contributed by atoms with Gasteiger partial charge in [-0.05, 0) is 37.6 Å². The maximum Gasteiger partial charge on any atom is 0.212 e. The summed E-state index contributed by atoms with van der Waals surface area (Å²) in [5, 5.41) is 8.10. The third-order valence-corrected chi connectivity index (χ3v) is 3.69. The zero-order chi connectivity index (χ0) is 16.8. The van der Waals surface area contributed by atoms with Gasteiger partial charge >= 0.3 is 0 Å². The third kappa shape index (κ3) is 5.96. The maximum atomic E-state index is 13.8. The average Bonchev–Trinajstić information content (AvgIpc) is 2.88. The van der Waals surface area contributed by atoms with Crippen LogP contribution >= 0.6 is 24.0 Å². The van der Waals surface area contributed by atoms with Gasteiger partial charge in [-0.25, -0.2) is 9.07 Å². The number of hydrogen-bond donors (Lipinski definition) is 1. The molecular weight excluding hydrogens is 352 g/mol. The van der Waals surface area contributed by atoms with Gasteiger partial charge in [0, 0.05) is 29.7 Å². The van der Waals surface area contributed by atoms with E-state index in [2.05, 4.69) is 24.3 Å². The molecule has 0 radical (unpaired) electrons. The standard InChI is InChI=1S/C17H23ClFN3O.ClH/c1-12(2)6-7-22-17(9-15(21-22)10-20-3)23-11-13-8-14(18)4-5-16(13)19;/h4-5,8-9,12,20H,6-7,10-11H2,1-3H3;1H. The van der Waals surface area contributed by atoms with E-state index in [0.29, 0.717) is 28.9 Å². The van der Waals surface area contributed by atoms with Gasteiger partial charge in [0.1, 0.15) is 12.4 Å². The largest absolute Gasteiger partial charge is 0.473 e. The van der Waals surface area contributed by atoms with Gasteiger partial charge < -0.3 is 10.1 Å². The molecule has 2 rings (SSSR count). The summed E-state index contributed by atoms with van der Waals surface area (Å²) in [5.74, 6) is 0.901. The van der Waals surface area contributed by atoms with Crippen LogP contribution in [0.15, 0.2) is 24.3 Å². The molecule has 0 amide bonds. The zero-order valence-corrected chi connectivity index (χ0v) is 15.8. The number of nitrogens with one attached hydrogen (secondary N) is 1.